The van der Waals surface area contributed by atoms with Crippen molar-refractivity contribution < 1.29 is 19.0 Å². The van der Waals surface area contributed by atoms with Crippen molar-refractivity contribution in [3.63, 3.8) is 0 Å². The van der Waals surface area contributed by atoms with Gasteiger partial charge >= 0.3 is 0 Å². The Morgan fingerprint density at radius 3 is 2.80 bits per heavy atom. The number of ether oxygens (including phenoxy) is 3. The lowest BCUT2D eigenvalue weighted by Crippen LogP contribution is -2.48. The van der Waals surface area contributed by atoms with Crippen molar-refractivity contribution in [1.29, 1.82) is 0 Å². The van der Waals surface area contributed by atoms with E-state index in [1.165, 1.54) is 7.11 Å². The molecule has 0 aliphatic carbocycles. The van der Waals surface area contributed by atoms with E-state index in [9.17, 15) is 4.79 Å². The number of methoxy groups -OCH3 is 2. The molecule has 7 heteroatoms. The monoisotopic (exact) mass is 414 g/mol. The van der Waals surface area contributed by atoms with Gasteiger partial charge in [0, 0.05) is 26.2 Å². The summed E-state index contributed by atoms with van der Waals surface area (Å²) in [7, 11) is 3.10. The molecule has 1 unspecified atom stereocenters. The van der Waals surface area contributed by atoms with Crippen LogP contribution in [0.15, 0.2) is 16.6 Å². The van der Waals surface area contributed by atoms with Gasteiger partial charge < -0.3 is 19.5 Å². The molecule has 0 saturated carbocycles. The van der Waals surface area contributed by atoms with Crippen molar-refractivity contribution in [3.8, 4) is 11.5 Å². The average Bonchev–Trinajstić information content (AvgIpc) is 2.58. The Labute approximate surface area is 157 Å². The summed E-state index contributed by atoms with van der Waals surface area (Å²) in [5, 5.41) is 2.95. The maximum absolute atomic E-state index is 12.6. The van der Waals surface area contributed by atoms with Gasteiger partial charge in [0.25, 0.3) is 5.91 Å². The number of morpholine rings is 1. The lowest BCUT2D eigenvalue weighted by molar-refractivity contribution is -0.0295. The Morgan fingerprint density at radius 2 is 2.16 bits per heavy atom. The molecule has 0 aromatic heterocycles. The van der Waals surface area contributed by atoms with Crippen LogP contribution in [-0.2, 0) is 4.74 Å². The van der Waals surface area contributed by atoms with Crippen molar-refractivity contribution in [2.75, 3.05) is 47.0 Å². The van der Waals surface area contributed by atoms with Gasteiger partial charge in [-0.15, -0.1) is 0 Å². The minimum Gasteiger partial charge on any atom is -0.497 e. The molecule has 0 bridgehead atoms. The van der Waals surface area contributed by atoms with Gasteiger partial charge in [0.2, 0.25) is 0 Å². The highest BCUT2D eigenvalue weighted by Gasteiger charge is 2.23. The van der Waals surface area contributed by atoms with E-state index in [1.807, 2.05) is 0 Å². The number of amides is 1. The molecule has 1 heterocycles. The molecule has 2 rings (SSSR count). The zero-order chi connectivity index (χ0) is 18.4. The molecule has 1 atom stereocenters. The van der Waals surface area contributed by atoms with Gasteiger partial charge in [0.15, 0.2) is 0 Å². The largest absolute Gasteiger partial charge is 0.497 e. The molecule has 25 heavy (non-hydrogen) atoms. The molecule has 140 valence electrons. The molecule has 1 aliphatic heterocycles. The van der Waals surface area contributed by atoms with Gasteiger partial charge in [-0.1, -0.05) is 13.8 Å². The van der Waals surface area contributed by atoms with Crippen LogP contribution in [0.3, 0.4) is 0 Å². The normalized spacial score (nSPS) is 18.2. The molecule has 1 aliphatic rings. The number of hydrogen-bond donors (Lipinski definition) is 1. The number of carbonyl (C=O) groups excluding carboxylic acids is 1. The standard InChI is InChI=1S/C18H27BrN2O4/c1-12(2)10-21-5-6-25-14(11-21)9-20-18(22)15-7-13(23-3)8-16(19)17(15)24-4/h7-8,12,14H,5-6,9-11H2,1-4H3,(H,20,22). The zero-order valence-corrected chi connectivity index (χ0v) is 16.9. The van der Waals surface area contributed by atoms with Gasteiger partial charge in [0.05, 0.1) is 37.0 Å². The summed E-state index contributed by atoms with van der Waals surface area (Å²) < 4.78 is 17.0. The van der Waals surface area contributed by atoms with Crippen LogP contribution in [0.1, 0.15) is 24.2 Å². The van der Waals surface area contributed by atoms with Gasteiger partial charge in [-0.25, -0.2) is 0 Å². The zero-order valence-electron chi connectivity index (χ0n) is 15.3. The second-order valence-electron chi connectivity index (χ2n) is 6.55. The molecule has 6 nitrogen and oxygen atoms in total. The Morgan fingerprint density at radius 1 is 1.40 bits per heavy atom. The molecular weight excluding hydrogens is 388 g/mol. The fourth-order valence-corrected chi connectivity index (χ4v) is 3.55. The number of hydrogen-bond acceptors (Lipinski definition) is 5. The lowest BCUT2D eigenvalue weighted by atomic mass is 10.1. The van der Waals surface area contributed by atoms with Gasteiger partial charge in [-0.3, -0.25) is 9.69 Å². The van der Waals surface area contributed by atoms with E-state index in [0.29, 0.717) is 40.6 Å². The molecular formula is C18H27BrN2O4. The van der Waals surface area contributed by atoms with Crippen LogP contribution < -0.4 is 14.8 Å². The Kier molecular flexibility index (Phi) is 7.53. The topological polar surface area (TPSA) is 60.0 Å². The van der Waals surface area contributed by atoms with E-state index in [1.54, 1.807) is 19.2 Å². The van der Waals surface area contributed by atoms with E-state index in [-0.39, 0.29) is 12.0 Å². The summed E-state index contributed by atoms with van der Waals surface area (Å²) >= 11 is 3.41. The maximum Gasteiger partial charge on any atom is 0.255 e. The minimum atomic E-state index is -0.207. The summed E-state index contributed by atoms with van der Waals surface area (Å²) in [5.41, 5.74) is 0.434. The Bertz CT molecular complexity index is 595. The SMILES string of the molecule is COc1cc(Br)c(OC)c(C(=O)NCC2CN(CC(C)C)CCO2)c1. The summed E-state index contributed by atoms with van der Waals surface area (Å²) in [6.07, 6.45) is -0.00325. The van der Waals surface area contributed by atoms with E-state index >= 15 is 0 Å². The predicted molar refractivity (Wildman–Crippen MR) is 101 cm³/mol. The minimum absolute atomic E-state index is 0.00325. The first kappa shape index (κ1) is 20.0. The highest BCUT2D eigenvalue weighted by molar-refractivity contribution is 9.10. The molecule has 1 aromatic rings. The van der Waals surface area contributed by atoms with Crippen LogP contribution in [0.2, 0.25) is 0 Å². The van der Waals surface area contributed by atoms with Gasteiger partial charge in [-0.2, -0.15) is 0 Å². The quantitative estimate of drug-likeness (QED) is 0.742. The fraction of sp³-hybridized carbons (Fsp3) is 0.611. The molecule has 1 fully saturated rings. The van der Waals surface area contributed by atoms with Crippen molar-refractivity contribution in [1.82, 2.24) is 10.2 Å². The molecule has 0 spiro atoms. The first-order valence-corrected chi connectivity index (χ1v) is 9.27. The van der Waals surface area contributed by atoms with Crippen molar-refractivity contribution >= 4 is 21.8 Å². The van der Waals surface area contributed by atoms with Crippen molar-refractivity contribution in [2.24, 2.45) is 5.92 Å². The van der Waals surface area contributed by atoms with Crippen LogP contribution in [0, 0.1) is 5.92 Å². The van der Waals surface area contributed by atoms with Crippen LogP contribution >= 0.6 is 15.9 Å². The maximum atomic E-state index is 12.6. The smallest absolute Gasteiger partial charge is 0.255 e. The average molecular weight is 415 g/mol. The third-order valence-electron chi connectivity index (χ3n) is 4.04. The first-order valence-electron chi connectivity index (χ1n) is 8.48. The third-order valence-corrected chi connectivity index (χ3v) is 4.63. The van der Waals surface area contributed by atoms with E-state index < -0.39 is 0 Å². The molecule has 1 amide bonds. The number of nitrogens with zero attached hydrogens (tertiary/aromatic N) is 1. The van der Waals surface area contributed by atoms with E-state index in [4.69, 9.17) is 14.2 Å². The van der Waals surface area contributed by atoms with Crippen LogP contribution in [0.4, 0.5) is 0 Å². The summed E-state index contributed by atoms with van der Waals surface area (Å²) in [4.78, 5) is 15.0. The Hall–Kier alpha value is -1.31. The highest BCUT2D eigenvalue weighted by Crippen LogP contribution is 2.33. The highest BCUT2D eigenvalue weighted by atomic mass is 79.9. The number of carbonyl (C=O) groups is 1. The van der Waals surface area contributed by atoms with Gasteiger partial charge in [0.1, 0.15) is 11.5 Å². The van der Waals surface area contributed by atoms with Crippen molar-refractivity contribution in [2.45, 2.75) is 20.0 Å². The molecule has 1 N–H and O–H groups in total. The number of benzene rings is 1. The molecule has 1 aromatic carbocycles. The number of rotatable bonds is 7. The van der Waals surface area contributed by atoms with E-state index in [2.05, 4.69) is 40.0 Å². The first-order chi connectivity index (χ1) is 11.9. The second kappa shape index (κ2) is 9.40. The number of nitrogens with one attached hydrogen (secondary N) is 1. The van der Waals surface area contributed by atoms with Crippen LogP contribution in [0.25, 0.3) is 0 Å². The number of halogens is 1. The summed E-state index contributed by atoms with van der Waals surface area (Å²) in [6, 6.07) is 3.44. The van der Waals surface area contributed by atoms with Crippen molar-refractivity contribution in [3.05, 3.63) is 22.2 Å². The molecule has 0 radical (unpaired) electrons. The Balaban J connectivity index is 1.99. The van der Waals surface area contributed by atoms with Gasteiger partial charge in [-0.05, 0) is 34.0 Å². The molecule has 1 saturated heterocycles. The summed E-state index contributed by atoms with van der Waals surface area (Å²) in [6.45, 7) is 8.40. The predicted octanol–water partition coefficient (Wildman–Crippen LogP) is 2.55. The van der Waals surface area contributed by atoms with Crippen LogP contribution in [0.5, 0.6) is 11.5 Å². The summed E-state index contributed by atoms with van der Waals surface area (Å²) in [5.74, 6) is 1.49. The second-order valence-corrected chi connectivity index (χ2v) is 7.40. The van der Waals surface area contributed by atoms with E-state index in [0.717, 1.165) is 19.6 Å². The van der Waals surface area contributed by atoms with Crippen LogP contribution in [-0.4, -0.2) is 63.9 Å². The lowest BCUT2D eigenvalue weighted by Gasteiger charge is -2.34. The fourth-order valence-electron chi connectivity index (χ4n) is 2.95. The third kappa shape index (κ3) is 5.59.